The van der Waals surface area contributed by atoms with E-state index in [1.54, 1.807) is 74.5 Å². The van der Waals surface area contributed by atoms with Crippen molar-refractivity contribution in [3.05, 3.63) is 118 Å². The van der Waals surface area contributed by atoms with E-state index in [0.717, 1.165) is 4.90 Å². The highest BCUT2D eigenvalue weighted by molar-refractivity contribution is 8.00. The van der Waals surface area contributed by atoms with Crippen LogP contribution in [-0.4, -0.2) is 33.1 Å². The number of thioether (sulfide) groups is 1. The molecule has 11 nitrogen and oxygen atoms in total. The van der Waals surface area contributed by atoms with Gasteiger partial charge in [-0.05, 0) is 74.0 Å². The lowest BCUT2D eigenvalue weighted by Crippen LogP contribution is -2.30. The number of nitrogens with zero attached hydrogens (tertiary/aromatic N) is 2. The first-order chi connectivity index (χ1) is 19.7. The van der Waals surface area contributed by atoms with Crippen LogP contribution in [0.25, 0.3) is 6.08 Å². The van der Waals surface area contributed by atoms with Crippen molar-refractivity contribution in [1.29, 1.82) is 0 Å². The summed E-state index contributed by atoms with van der Waals surface area (Å²) in [4.78, 5) is 49.7. The molecule has 208 valence electrons. The van der Waals surface area contributed by atoms with Crippen molar-refractivity contribution in [2.45, 2.75) is 24.0 Å². The van der Waals surface area contributed by atoms with Crippen molar-refractivity contribution in [3.8, 4) is 0 Å². The topological polar surface area (TPSA) is 156 Å². The Morgan fingerprint density at radius 3 is 2.27 bits per heavy atom. The van der Waals surface area contributed by atoms with Gasteiger partial charge in [-0.25, -0.2) is 0 Å². The van der Waals surface area contributed by atoms with Gasteiger partial charge in [-0.2, -0.15) is 0 Å². The first kappa shape index (κ1) is 28.8. The maximum atomic E-state index is 13.2. The van der Waals surface area contributed by atoms with E-state index in [-0.39, 0.29) is 17.3 Å². The van der Waals surface area contributed by atoms with Crippen LogP contribution in [0.2, 0.25) is 0 Å². The molecule has 4 rings (SSSR count). The third-order valence-electron chi connectivity index (χ3n) is 5.62. The molecule has 3 aromatic carbocycles. The minimum absolute atomic E-state index is 0.0560. The Balaban J connectivity index is 1.45. The molecule has 0 bridgehead atoms. The maximum absolute atomic E-state index is 13.2. The normalized spacial score (nSPS) is 11.8. The first-order valence-electron chi connectivity index (χ1n) is 12.3. The fourth-order valence-electron chi connectivity index (χ4n) is 3.53. The van der Waals surface area contributed by atoms with E-state index in [0.29, 0.717) is 28.4 Å². The number of nitro benzene ring substituents is 1. The van der Waals surface area contributed by atoms with Crippen LogP contribution < -0.4 is 16.0 Å². The third kappa shape index (κ3) is 8.13. The lowest BCUT2D eigenvalue weighted by Gasteiger charge is -2.13. The van der Waals surface area contributed by atoms with Crippen LogP contribution in [0.15, 0.2) is 100 Å². The van der Waals surface area contributed by atoms with E-state index >= 15 is 0 Å². The number of nitro groups is 1. The highest BCUT2D eigenvalue weighted by Crippen LogP contribution is 2.26. The number of carbonyl (C=O) groups excluding carboxylic acids is 3. The van der Waals surface area contributed by atoms with Crippen LogP contribution in [-0.2, 0) is 9.59 Å². The Labute approximate surface area is 239 Å². The molecule has 41 heavy (non-hydrogen) atoms. The van der Waals surface area contributed by atoms with Crippen LogP contribution in [0, 0.1) is 17.0 Å². The van der Waals surface area contributed by atoms with Gasteiger partial charge in [0.2, 0.25) is 5.91 Å². The Kier molecular flexibility index (Phi) is 9.28. The number of rotatable bonds is 10. The van der Waals surface area contributed by atoms with Gasteiger partial charge < -0.3 is 20.5 Å². The molecule has 0 saturated carbocycles. The Bertz CT molecular complexity index is 1580. The average molecular weight is 572 g/mol. The summed E-state index contributed by atoms with van der Waals surface area (Å²) < 4.78 is 4.96. The van der Waals surface area contributed by atoms with Crippen LogP contribution in [0.1, 0.15) is 28.6 Å². The fraction of sp³-hybridized carbons (Fsp3) is 0.103. The van der Waals surface area contributed by atoms with E-state index < -0.39 is 22.0 Å². The van der Waals surface area contributed by atoms with E-state index in [9.17, 15) is 24.5 Å². The summed E-state index contributed by atoms with van der Waals surface area (Å²) in [6.45, 7) is 3.49. The van der Waals surface area contributed by atoms with E-state index in [1.165, 1.54) is 42.1 Å². The second-order valence-electron chi connectivity index (χ2n) is 8.78. The van der Waals surface area contributed by atoms with E-state index in [4.69, 9.17) is 4.52 Å². The van der Waals surface area contributed by atoms with Crippen LogP contribution in [0.3, 0.4) is 0 Å². The number of hydrogen-bond donors (Lipinski definition) is 3. The minimum atomic E-state index is -0.594. The largest absolute Gasteiger partial charge is 0.360 e. The Morgan fingerprint density at radius 1 is 0.976 bits per heavy atom. The van der Waals surface area contributed by atoms with Gasteiger partial charge in [0.1, 0.15) is 11.5 Å². The molecule has 1 unspecified atom stereocenters. The molecule has 0 saturated heterocycles. The molecular weight excluding hydrogens is 546 g/mol. The van der Waals surface area contributed by atoms with Gasteiger partial charge in [-0.15, -0.1) is 11.8 Å². The second-order valence-corrected chi connectivity index (χ2v) is 10.2. The number of amides is 3. The molecule has 3 N–H and O–H groups in total. The zero-order chi connectivity index (χ0) is 29.4. The van der Waals surface area contributed by atoms with Gasteiger partial charge in [0, 0.05) is 34.3 Å². The molecule has 0 aliphatic rings. The summed E-state index contributed by atoms with van der Waals surface area (Å²) in [7, 11) is 0. The van der Waals surface area contributed by atoms with Crippen molar-refractivity contribution in [1.82, 2.24) is 10.5 Å². The van der Waals surface area contributed by atoms with Gasteiger partial charge >= 0.3 is 0 Å². The third-order valence-corrected chi connectivity index (χ3v) is 6.73. The number of aryl methyl sites for hydroxylation is 1. The summed E-state index contributed by atoms with van der Waals surface area (Å²) in [5.74, 6) is -0.396. The van der Waals surface area contributed by atoms with Crippen LogP contribution >= 0.6 is 11.8 Å². The van der Waals surface area contributed by atoms with Gasteiger partial charge in [0.25, 0.3) is 17.5 Å². The predicted octanol–water partition coefficient (Wildman–Crippen LogP) is 5.42. The molecule has 0 fully saturated rings. The van der Waals surface area contributed by atoms with E-state index in [2.05, 4.69) is 21.1 Å². The van der Waals surface area contributed by atoms with Crippen LogP contribution in [0.5, 0.6) is 0 Å². The van der Waals surface area contributed by atoms with Crippen molar-refractivity contribution in [3.63, 3.8) is 0 Å². The first-order valence-corrected chi connectivity index (χ1v) is 13.2. The molecule has 0 aliphatic heterocycles. The summed E-state index contributed by atoms with van der Waals surface area (Å²) in [5, 5.41) is 22.4. The molecule has 1 aromatic heterocycles. The number of aromatic nitrogens is 1. The number of nitrogens with one attached hydrogen (secondary N) is 3. The quantitative estimate of drug-likeness (QED) is 0.0986. The lowest BCUT2D eigenvalue weighted by atomic mass is 10.1. The van der Waals surface area contributed by atoms with Gasteiger partial charge in [0.05, 0.1) is 10.2 Å². The Morgan fingerprint density at radius 2 is 1.66 bits per heavy atom. The number of hydrogen-bond acceptors (Lipinski definition) is 8. The second kappa shape index (κ2) is 13.2. The smallest absolute Gasteiger partial charge is 0.272 e. The van der Waals surface area contributed by atoms with Gasteiger partial charge in [-0.3, -0.25) is 24.5 Å². The van der Waals surface area contributed by atoms with Crippen molar-refractivity contribution < 1.29 is 23.8 Å². The minimum Gasteiger partial charge on any atom is -0.360 e. The molecule has 0 aliphatic carbocycles. The number of anilines is 2. The zero-order valence-electron chi connectivity index (χ0n) is 22.0. The number of carbonyl (C=O) groups is 3. The highest BCUT2D eigenvalue weighted by Gasteiger charge is 2.18. The van der Waals surface area contributed by atoms with Gasteiger partial charge in [0.15, 0.2) is 5.82 Å². The van der Waals surface area contributed by atoms with Crippen LogP contribution in [0.4, 0.5) is 17.2 Å². The maximum Gasteiger partial charge on any atom is 0.272 e. The summed E-state index contributed by atoms with van der Waals surface area (Å²) >= 11 is 1.32. The van der Waals surface area contributed by atoms with Gasteiger partial charge in [-0.1, -0.05) is 23.4 Å². The predicted molar refractivity (Wildman–Crippen MR) is 155 cm³/mol. The molecule has 1 heterocycles. The molecular formula is C29H25N5O6S. The molecule has 0 radical (unpaired) electrons. The molecule has 3 amide bonds. The summed E-state index contributed by atoms with van der Waals surface area (Å²) in [6.07, 6.45) is 1.43. The molecule has 12 heteroatoms. The van der Waals surface area contributed by atoms with Crippen molar-refractivity contribution in [2.24, 2.45) is 0 Å². The molecule has 4 aromatic rings. The number of non-ortho nitro benzene ring substituents is 1. The SMILES string of the molecule is Cc1cc(NC(=O)C(C)Sc2ccc(NC(=O)/C(=C/c3ccc([N+](=O)[O-])cc3)NC(=O)c3ccccc3)cc2)no1. The standard InChI is InChI=1S/C29H25N5O6S/c1-18-16-26(33-40-18)32-27(35)19(2)41-24-14-10-22(11-15-24)30-29(37)25(31-28(36)21-6-4-3-5-7-21)17-20-8-12-23(13-9-20)34(38)39/h3-17,19H,1-2H3,(H,30,37)(H,31,36)(H,32,33,35)/b25-17-. The zero-order valence-corrected chi connectivity index (χ0v) is 22.8. The Hall–Kier alpha value is -5.23. The van der Waals surface area contributed by atoms with E-state index in [1.807, 2.05) is 0 Å². The van der Waals surface area contributed by atoms with Crippen molar-refractivity contribution in [2.75, 3.05) is 10.6 Å². The summed E-state index contributed by atoms with van der Waals surface area (Å²) in [5.41, 5.74) is 1.14. The average Bonchev–Trinajstić information content (AvgIpc) is 3.38. The molecule has 0 spiro atoms. The molecule has 1 atom stereocenters. The van der Waals surface area contributed by atoms with Crippen molar-refractivity contribution >= 4 is 52.8 Å². The fourth-order valence-corrected chi connectivity index (χ4v) is 4.39. The highest BCUT2D eigenvalue weighted by atomic mass is 32.2. The monoisotopic (exact) mass is 571 g/mol. The number of benzene rings is 3. The summed E-state index contributed by atoms with van der Waals surface area (Å²) in [6, 6.07) is 22.5. The lowest BCUT2D eigenvalue weighted by molar-refractivity contribution is -0.384.